The first-order valence-electron chi connectivity index (χ1n) is 9.57. The van der Waals surface area contributed by atoms with Gasteiger partial charge in [-0.1, -0.05) is 30.3 Å². The summed E-state index contributed by atoms with van der Waals surface area (Å²) in [6, 6.07) is 9.02. The standard InChI is InChI=1S/C18H23N6O7P/c1-29-16-13-15(22-17(19)23-16)24(10-20-13)18(26)9-30-12(14(18)25)8-31-32(27,28)21-7-11-5-3-2-4-6-11/h2-6,10,12,14,25-26H,7-9H2,1H3,(H2,19,22,23)(H2,21,27,28)/t12-,14?,18?/m1/s1. The largest absolute Gasteiger partial charge is 0.479 e. The molecule has 1 aliphatic rings. The topological polar surface area (TPSA) is 187 Å². The van der Waals surface area contributed by atoms with Crippen molar-refractivity contribution < 1.29 is 33.7 Å². The van der Waals surface area contributed by atoms with Crippen molar-refractivity contribution in [3.63, 3.8) is 0 Å². The van der Waals surface area contributed by atoms with Gasteiger partial charge in [-0.25, -0.2) is 14.6 Å². The van der Waals surface area contributed by atoms with E-state index in [-0.39, 0.29) is 36.1 Å². The van der Waals surface area contributed by atoms with E-state index in [0.717, 1.165) is 5.56 Å². The SMILES string of the molecule is COc1nc(N)nc2c1ncn2C1(O)CO[C@H](COP(=O)(O)NCc2ccccc2)C1O. The lowest BCUT2D eigenvalue weighted by Crippen LogP contribution is -2.47. The van der Waals surface area contributed by atoms with Crippen LogP contribution in [0.15, 0.2) is 36.7 Å². The Kier molecular flexibility index (Phi) is 6.14. The predicted octanol–water partition coefficient (Wildman–Crippen LogP) is -0.271. The fourth-order valence-corrected chi connectivity index (χ4v) is 4.20. The summed E-state index contributed by atoms with van der Waals surface area (Å²) in [7, 11) is -2.81. The number of anilines is 1. The van der Waals surface area contributed by atoms with Crippen molar-refractivity contribution in [3.05, 3.63) is 42.2 Å². The van der Waals surface area contributed by atoms with E-state index in [1.54, 1.807) is 24.3 Å². The van der Waals surface area contributed by atoms with E-state index in [1.165, 1.54) is 18.0 Å². The fraction of sp³-hybridized carbons (Fsp3) is 0.389. The minimum absolute atomic E-state index is 0.105. The van der Waals surface area contributed by atoms with Crippen LogP contribution in [0.1, 0.15) is 5.56 Å². The number of methoxy groups -OCH3 is 1. The lowest BCUT2D eigenvalue weighted by molar-refractivity contribution is -0.109. The number of nitrogens with two attached hydrogens (primary N) is 1. The summed E-state index contributed by atoms with van der Waals surface area (Å²) in [4.78, 5) is 22.1. The lowest BCUT2D eigenvalue weighted by atomic mass is 10.1. The van der Waals surface area contributed by atoms with Crippen LogP contribution in [0.5, 0.6) is 5.88 Å². The van der Waals surface area contributed by atoms with Gasteiger partial charge >= 0.3 is 7.75 Å². The molecule has 4 atom stereocenters. The zero-order valence-corrected chi connectivity index (χ0v) is 17.9. The first-order valence-corrected chi connectivity index (χ1v) is 11.1. The Hall–Kier alpha value is -2.64. The maximum absolute atomic E-state index is 12.3. The number of hydrogen-bond acceptors (Lipinski definition) is 10. The van der Waals surface area contributed by atoms with Gasteiger partial charge in [0.1, 0.15) is 12.2 Å². The fourth-order valence-electron chi connectivity index (χ4n) is 3.38. The number of benzene rings is 1. The van der Waals surface area contributed by atoms with Crippen molar-refractivity contribution in [1.82, 2.24) is 24.6 Å². The Bertz CT molecular complexity index is 1150. The summed E-state index contributed by atoms with van der Waals surface area (Å²) in [6.45, 7) is -0.699. The van der Waals surface area contributed by atoms with Crippen LogP contribution in [0.25, 0.3) is 11.2 Å². The molecule has 14 heteroatoms. The molecule has 0 amide bonds. The van der Waals surface area contributed by atoms with E-state index in [9.17, 15) is 19.7 Å². The second kappa shape index (κ2) is 8.71. The van der Waals surface area contributed by atoms with E-state index < -0.39 is 32.3 Å². The number of ether oxygens (including phenoxy) is 2. The highest BCUT2D eigenvalue weighted by Crippen LogP contribution is 2.40. The molecule has 1 aliphatic heterocycles. The van der Waals surface area contributed by atoms with Crippen molar-refractivity contribution in [3.8, 4) is 5.88 Å². The van der Waals surface area contributed by atoms with Crippen molar-refractivity contribution >= 4 is 24.9 Å². The van der Waals surface area contributed by atoms with Crippen LogP contribution in [-0.4, -0.2) is 67.2 Å². The normalized spacial score (nSPS) is 25.1. The van der Waals surface area contributed by atoms with E-state index in [2.05, 4.69) is 20.0 Å². The first-order chi connectivity index (χ1) is 15.2. The zero-order chi connectivity index (χ0) is 22.9. The number of imidazole rings is 1. The molecule has 0 radical (unpaired) electrons. The van der Waals surface area contributed by atoms with Gasteiger partial charge in [-0.05, 0) is 5.56 Å². The molecule has 0 aliphatic carbocycles. The van der Waals surface area contributed by atoms with Gasteiger partial charge in [0.05, 0.1) is 26.7 Å². The maximum Gasteiger partial charge on any atom is 0.403 e. The number of nitrogens with zero attached hydrogens (tertiary/aromatic N) is 4. The van der Waals surface area contributed by atoms with Gasteiger partial charge in [0.15, 0.2) is 16.9 Å². The minimum Gasteiger partial charge on any atom is -0.479 e. The minimum atomic E-state index is -4.19. The van der Waals surface area contributed by atoms with Crippen molar-refractivity contribution in [2.24, 2.45) is 0 Å². The van der Waals surface area contributed by atoms with Gasteiger partial charge in [-0.2, -0.15) is 9.97 Å². The highest BCUT2D eigenvalue weighted by Gasteiger charge is 2.51. The highest BCUT2D eigenvalue weighted by molar-refractivity contribution is 7.50. The number of hydrogen-bond donors (Lipinski definition) is 5. The monoisotopic (exact) mass is 466 g/mol. The first kappa shape index (κ1) is 22.6. The van der Waals surface area contributed by atoms with Crippen LogP contribution >= 0.6 is 7.75 Å². The van der Waals surface area contributed by atoms with Gasteiger partial charge < -0.3 is 30.3 Å². The summed E-state index contributed by atoms with van der Waals surface area (Å²) in [5.74, 6) is -0.00690. The van der Waals surface area contributed by atoms with Crippen molar-refractivity contribution in [1.29, 1.82) is 0 Å². The molecule has 0 bridgehead atoms. The molecule has 13 nitrogen and oxygen atoms in total. The number of aliphatic hydroxyl groups excluding tert-OH is 1. The van der Waals surface area contributed by atoms with Crippen molar-refractivity contribution in [2.45, 2.75) is 24.5 Å². The number of fused-ring (bicyclic) bond motifs is 1. The molecule has 2 aromatic heterocycles. The Balaban J connectivity index is 1.45. The van der Waals surface area contributed by atoms with E-state index in [1.807, 2.05) is 6.07 Å². The molecule has 6 N–H and O–H groups in total. The molecule has 3 unspecified atom stereocenters. The quantitative estimate of drug-likeness (QED) is 0.274. The highest BCUT2D eigenvalue weighted by atomic mass is 31.2. The summed E-state index contributed by atoms with van der Waals surface area (Å²) >= 11 is 0. The second-order valence-corrected chi connectivity index (χ2v) is 8.80. The van der Waals surface area contributed by atoms with Gasteiger partial charge in [0.2, 0.25) is 11.8 Å². The van der Waals surface area contributed by atoms with Crippen LogP contribution in [0.2, 0.25) is 0 Å². The Labute approximate surface area is 182 Å². The van der Waals surface area contributed by atoms with Crippen LogP contribution in [0.3, 0.4) is 0 Å². The molecule has 0 spiro atoms. The molecule has 4 rings (SSSR count). The molecular weight excluding hydrogens is 443 g/mol. The Morgan fingerprint density at radius 3 is 2.84 bits per heavy atom. The molecule has 1 aromatic carbocycles. The van der Waals surface area contributed by atoms with Crippen LogP contribution in [0.4, 0.5) is 5.95 Å². The number of nitrogens with one attached hydrogen (secondary N) is 1. The van der Waals surface area contributed by atoms with E-state index in [0.29, 0.717) is 0 Å². The number of aliphatic hydroxyl groups is 2. The smallest absolute Gasteiger partial charge is 0.403 e. The molecule has 32 heavy (non-hydrogen) atoms. The molecule has 3 heterocycles. The van der Waals surface area contributed by atoms with Crippen LogP contribution < -0.4 is 15.6 Å². The maximum atomic E-state index is 12.3. The van der Waals surface area contributed by atoms with Crippen molar-refractivity contribution in [2.75, 3.05) is 26.1 Å². The third-order valence-electron chi connectivity index (χ3n) is 5.07. The van der Waals surface area contributed by atoms with Crippen LogP contribution in [0, 0.1) is 0 Å². The molecule has 1 fully saturated rings. The zero-order valence-electron chi connectivity index (χ0n) is 17.0. The summed E-state index contributed by atoms with van der Waals surface area (Å²) in [5.41, 5.74) is 4.86. The Morgan fingerprint density at radius 2 is 2.12 bits per heavy atom. The molecule has 1 saturated heterocycles. The second-order valence-electron chi connectivity index (χ2n) is 7.19. The van der Waals surface area contributed by atoms with Gasteiger partial charge in [0.25, 0.3) is 0 Å². The predicted molar refractivity (Wildman–Crippen MR) is 111 cm³/mol. The third-order valence-corrected chi connectivity index (χ3v) is 6.12. The summed E-state index contributed by atoms with van der Waals surface area (Å²) in [5, 5.41) is 24.3. The summed E-state index contributed by atoms with van der Waals surface area (Å²) in [6.07, 6.45) is -1.39. The number of aromatic nitrogens is 4. The van der Waals surface area contributed by atoms with Crippen LogP contribution in [-0.2, 0) is 26.1 Å². The molecule has 172 valence electrons. The molecular formula is C18H23N6O7P. The lowest BCUT2D eigenvalue weighted by Gasteiger charge is -2.28. The van der Waals surface area contributed by atoms with Gasteiger partial charge in [-0.3, -0.25) is 9.09 Å². The molecule has 0 saturated carbocycles. The summed E-state index contributed by atoms with van der Waals surface area (Å²) < 4.78 is 29.1. The Morgan fingerprint density at radius 1 is 1.38 bits per heavy atom. The van der Waals surface area contributed by atoms with Gasteiger partial charge in [0, 0.05) is 6.54 Å². The van der Waals surface area contributed by atoms with E-state index in [4.69, 9.17) is 19.7 Å². The van der Waals surface area contributed by atoms with E-state index >= 15 is 0 Å². The third kappa shape index (κ3) is 4.32. The molecule has 3 aromatic rings. The average molecular weight is 466 g/mol. The average Bonchev–Trinajstić information content (AvgIpc) is 3.33. The number of nitrogen functional groups attached to an aromatic ring is 1. The number of rotatable bonds is 8. The van der Waals surface area contributed by atoms with Gasteiger partial charge in [-0.15, -0.1) is 0 Å².